The molecule has 0 aromatic heterocycles. The summed E-state index contributed by atoms with van der Waals surface area (Å²) in [5.74, 6) is 0.255. The maximum Gasteiger partial charge on any atom is 0.312 e. The molecule has 0 atom stereocenters. The number of alkyl halides is 1. The summed E-state index contributed by atoms with van der Waals surface area (Å²) in [6, 6.07) is 7.34. The standard InChI is InChI=1S/C12H15ClO2/c1-9-4-6-10(7-5-9)15-11(14)8-12(2,3)13/h4-7H,8H2,1-3H3. The van der Waals surface area contributed by atoms with Crippen LogP contribution in [0.15, 0.2) is 24.3 Å². The molecule has 0 heterocycles. The number of hydrogen-bond donors (Lipinski definition) is 0. The van der Waals surface area contributed by atoms with Crippen LogP contribution in [0.4, 0.5) is 0 Å². The summed E-state index contributed by atoms with van der Waals surface area (Å²) >= 11 is 5.92. The number of esters is 1. The van der Waals surface area contributed by atoms with Gasteiger partial charge in [-0.15, -0.1) is 11.6 Å². The van der Waals surface area contributed by atoms with Gasteiger partial charge in [0, 0.05) is 4.87 Å². The van der Waals surface area contributed by atoms with E-state index in [9.17, 15) is 4.79 Å². The Labute approximate surface area is 95.2 Å². The predicted molar refractivity (Wildman–Crippen MR) is 61.4 cm³/mol. The zero-order valence-electron chi connectivity index (χ0n) is 9.21. The van der Waals surface area contributed by atoms with Crippen molar-refractivity contribution in [3.8, 4) is 5.75 Å². The highest BCUT2D eigenvalue weighted by atomic mass is 35.5. The SMILES string of the molecule is Cc1ccc(OC(=O)CC(C)(C)Cl)cc1. The number of carbonyl (C=O) groups excluding carboxylic acids is 1. The molecule has 2 nitrogen and oxygen atoms in total. The second-order valence-corrected chi connectivity index (χ2v) is 5.21. The highest BCUT2D eigenvalue weighted by Gasteiger charge is 2.19. The van der Waals surface area contributed by atoms with E-state index in [-0.39, 0.29) is 12.4 Å². The Bertz CT molecular complexity index is 336. The fourth-order valence-electron chi connectivity index (χ4n) is 1.12. The number of halogens is 1. The van der Waals surface area contributed by atoms with Gasteiger partial charge in [-0.05, 0) is 32.9 Å². The Hall–Kier alpha value is -1.02. The van der Waals surface area contributed by atoms with Crippen LogP contribution in [-0.2, 0) is 4.79 Å². The van der Waals surface area contributed by atoms with Crippen LogP contribution in [0.25, 0.3) is 0 Å². The van der Waals surface area contributed by atoms with Crippen molar-refractivity contribution in [2.24, 2.45) is 0 Å². The second-order valence-electron chi connectivity index (χ2n) is 4.18. The summed E-state index contributed by atoms with van der Waals surface area (Å²) in [6.45, 7) is 5.55. The molecule has 0 aliphatic rings. The van der Waals surface area contributed by atoms with Crippen molar-refractivity contribution in [3.63, 3.8) is 0 Å². The lowest BCUT2D eigenvalue weighted by Crippen LogP contribution is -2.20. The van der Waals surface area contributed by atoms with Crippen molar-refractivity contribution in [3.05, 3.63) is 29.8 Å². The highest BCUT2D eigenvalue weighted by Crippen LogP contribution is 2.19. The summed E-state index contributed by atoms with van der Waals surface area (Å²) in [7, 11) is 0. The van der Waals surface area contributed by atoms with Crippen LogP contribution in [-0.4, -0.2) is 10.8 Å². The molecular weight excluding hydrogens is 212 g/mol. The van der Waals surface area contributed by atoms with Crippen LogP contribution in [0.3, 0.4) is 0 Å². The number of hydrogen-bond acceptors (Lipinski definition) is 2. The van der Waals surface area contributed by atoms with Gasteiger partial charge in [-0.1, -0.05) is 17.7 Å². The molecule has 0 saturated carbocycles. The first-order valence-electron chi connectivity index (χ1n) is 4.83. The topological polar surface area (TPSA) is 26.3 Å². The largest absolute Gasteiger partial charge is 0.426 e. The molecule has 0 aliphatic heterocycles. The molecule has 15 heavy (non-hydrogen) atoms. The number of ether oxygens (including phenoxy) is 1. The van der Waals surface area contributed by atoms with Crippen molar-refractivity contribution in [1.82, 2.24) is 0 Å². The molecule has 0 aliphatic carbocycles. The Kier molecular flexibility index (Phi) is 3.75. The monoisotopic (exact) mass is 226 g/mol. The number of rotatable bonds is 3. The molecule has 0 spiro atoms. The molecule has 1 aromatic carbocycles. The van der Waals surface area contributed by atoms with E-state index in [1.54, 1.807) is 26.0 Å². The molecule has 0 unspecified atom stereocenters. The lowest BCUT2D eigenvalue weighted by Gasteiger charge is -2.13. The molecule has 0 radical (unpaired) electrons. The van der Waals surface area contributed by atoms with Gasteiger partial charge in [-0.2, -0.15) is 0 Å². The minimum Gasteiger partial charge on any atom is -0.426 e. The summed E-state index contributed by atoms with van der Waals surface area (Å²) in [6.07, 6.45) is 0.197. The lowest BCUT2D eigenvalue weighted by molar-refractivity contribution is -0.134. The van der Waals surface area contributed by atoms with Gasteiger partial charge in [0.2, 0.25) is 0 Å². The molecule has 0 bridgehead atoms. The molecular formula is C12H15ClO2. The Balaban J connectivity index is 2.55. The third-order valence-corrected chi connectivity index (χ3v) is 1.95. The van der Waals surface area contributed by atoms with Gasteiger partial charge in [0.1, 0.15) is 5.75 Å². The normalized spacial score (nSPS) is 11.2. The predicted octanol–water partition coefficient (Wildman–Crippen LogP) is 3.31. The van der Waals surface area contributed by atoms with Gasteiger partial charge in [-0.3, -0.25) is 4.79 Å². The molecule has 0 fully saturated rings. The van der Waals surface area contributed by atoms with E-state index in [2.05, 4.69) is 0 Å². The van der Waals surface area contributed by atoms with Crippen molar-refractivity contribution < 1.29 is 9.53 Å². The Morgan fingerprint density at radius 2 is 1.87 bits per heavy atom. The van der Waals surface area contributed by atoms with E-state index < -0.39 is 4.87 Å². The average molecular weight is 227 g/mol. The maximum absolute atomic E-state index is 11.4. The quantitative estimate of drug-likeness (QED) is 0.449. The van der Waals surface area contributed by atoms with Crippen LogP contribution in [0.5, 0.6) is 5.75 Å². The first-order valence-corrected chi connectivity index (χ1v) is 5.21. The van der Waals surface area contributed by atoms with Gasteiger partial charge >= 0.3 is 5.97 Å². The number of benzene rings is 1. The van der Waals surface area contributed by atoms with Gasteiger partial charge in [0.05, 0.1) is 6.42 Å². The Morgan fingerprint density at radius 3 is 2.33 bits per heavy atom. The van der Waals surface area contributed by atoms with E-state index in [1.165, 1.54) is 0 Å². The summed E-state index contributed by atoms with van der Waals surface area (Å²) in [5, 5.41) is 0. The number of carbonyl (C=O) groups is 1. The lowest BCUT2D eigenvalue weighted by atomic mass is 10.1. The van der Waals surface area contributed by atoms with Crippen molar-refractivity contribution in [1.29, 1.82) is 0 Å². The van der Waals surface area contributed by atoms with Gasteiger partial charge in [0.25, 0.3) is 0 Å². The average Bonchev–Trinajstić information content (AvgIpc) is 2.05. The van der Waals surface area contributed by atoms with Gasteiger partial charge < -0.3 is 4.74 Å². The molecule has 0 N–H and O–H groups in total. The van der Waals surface area contributed by atoms with Crippen molar-refractivity contribution in [2.45, 2.75) is 32.1 Å². The van der Waals surface area contributed by atoms with Gasteiger partial charge in [-0.25, -0.2) is 0 Å². The number of aryl methyl sites for hydroxylation is 1. The molecule has 0 saturated heterocycles. The van der Waals surface area contributed by atoms with Crippen molar-refractivity contribution >= 4 is 17.6 Å². The molecule has 1 rings (SSSR count). The van der Waals surface area contributed by atoms with E-state index in [4.69, 9.17) is 16.3 Å². The molecule has 3 heteroatoms. The maximum atomic E-state index is 11.4. The molecule has 82 valence electrons. The third-order valence-electron chi connectivity index (χ3n) is 1.82. The summed E-state index contributed by atoms with van der Waals surface area (Å²) in [4.78, 5) is 10.9. The second kappa shape index (κ2) is 4.67. The molecule has 1 aromatic rings. The zero-order valence-corrected chi connectivity index (χ0v) is 9.97. The van der Waals surface area contributed by atoms with E-state index in [0.717, 1.165) is 5.56 Å². The summed E-state index contributed by atoms with van der Waals surface area (Å²) in [5.41, 5.74) is 1.13. The van der Waals surface area contributed by atoms with E-state index >= 15 is 0 Å². The van der Waals surface area contributed by atoms with Crippen molar-refractivity contribution in [2.75, 3.05) is 0 Å². The fraction of sp³-hybridized carbons (Fsp3) is 0.417. The Morgan fingerprint density at radius 1 is 1.33 bits per heavy atom. The zero-order chi connectivity index (χ0) is 11.5. The van der Waals surface area contributed by atoms with Crippen LogP contribution >= 0.6 is 11.6 Å². The smallest absolute Gasteiger partial charge is 0.312 e. The first-order chi connectivity index (χ1) is 6.87. The van der Waals surface area contributed by atoms with Crippen LogP contribution in [0.2, 0.25) is 0 Å². The first kappa shape index (κ1) is 12.1. The highest BCUT2D eigenvalue weighted by molar-refractivity contribution is 6.24. The van der Waals surface area contributed by atoms with Crippen LogP contribution in [0, 0.1) is 6.92 Å². The minimum atomic E-state index is -0.554. The minimum absolute atomic E-state index is 0.197. The van der Waals surface area contributed by atoms with Crippen LogP contribution < -0.4 is 4.74 Å². The fourth-order valence-corrected chi connectivity index (χ4v) is 1.23. The summed E-state index contributed by atoms with van der Waals surface area (Å²) < 4.78 is 5.12. The molecule has 0 amide bonds. The van der Waals surface area contributed by atoms with E-state index in [1.807, 2.05) is 19.1 Å². The third kappa shape index (κ3) is 4.84. The van der Waals surface area contributed by atoms with E-state index in [0.29, 0.717) is 5.75 Å². The van der Waals surface area contributed by atoms with Crippen LogP contribution in [0.1, 0.15) is 25.8 Å². The van der Waals surface area contributed by atoms with Gasteiger partial charge in [0.15, 0.2) is 0 Å².